The fourth-order valence-corrected chi connectivity index (χ4v) is 2.53. The van der Waals surface area contributed by atoms with E-state index in [1.165, 1.54) is 5.56 Å². The number of benzene rings is 2. The highest BCUT2D eigenvalue weighted by Crippen LogP contribution is 2.25. The molecule has 128 valence electrons. The lowest BCUT2D eigenvalue weighted by Gasteiger charge is -2.19. The monoisotopic (exact) mass is 345 g/mol. The van der Waals surface area contributed by atoms with Crippen molar-refractivity contribution in [3.05, 3.63) is 58.6 Å². The fourth-order valence-electron chi connectivity index (χ4n) is 2.25. The van der Waals surface area contributed by atoms with Gasteiger partial charge in [-0.15, -0.1) is 0 Å². The van der Waals surface area contributed by atoms with Gasteiger partial charge in [-0.05, 0) is 47.7 Å². The van der Waals surface area contributed by atoms with Crippen molar-refractivity contribution in [1.82, 2.24) is 0 Å². The zero-order chi connectivity index (χ0) is 17.7. The molecular weight excluding hydrogens is 322 g/mol. The predicted octanol–water partition coefficient (Wildman–Crippen LogP) is 5.35. The smallest absolute Gasteiger partial charge is 0.227 e. The van der Waals surface area contributed by atoms with E-state index in [0.717, 1.165) is 11.3 Å². The largest absolute Gasteiger partial charge is 0.493 e. The number of rotatable bonds is 5. The minimum absolute atomic E-state index is 0.117. The average molecular weight is 346 g/mol. The molecule has 2 rings (SSSR count). The Kier molecular flexibility index (Phi) is 5.89. The number of nitrogens with one attached hydrogen (secondary N) is 1. The number of amides is 1. The van der Waals surface area contributed by atoms with E-state index in [9.17, 15) is 4.79 Å². The van der Waals surface area contributed by atoms with Gasteiger partial charge in [0, 0.05) is 0 Å². The molecule has 0 unspecified atom stereocenters. The van der Waals surface area contributed by atoms with Gasteiger partial charge < -0.3 is 10.1 Å². The van der Waals surface area contributed by atoms with Crippen molar-refractivity contribution in [2.45, 2.75) is 39.5 Å². The van der Waals surface area contributed by atoms with Crippen LogP contribution in [0.15, 0.2) is 42.5 Å². The number of aryl methyl sites for hydroxylation is 1. The molecule has 24 heavy (non-hydrogen) atoms. The van der Waals surface area contributed by atoms with E-state index in [-0.39, 0.29) is 17.7 Å². The van der Waals surface area contributed by atoms with E-state index < -0.39 is 0 Å². The van der Waals surface area contributed by atoms with Gasteiger partial charge in [0.15, 0.2) is 0 Å². The van der Waals surface area contributed by atoms with Crippen molar-refractivity contribution in [2.24, 2.45) is 0 Å². The standard InChI is InChI=1S/C20H24ClNO2/c1-14-5-10-18(17(21)13-14)22-19(23)11-12-24-16-8-6-15(7-9-16)20(2,3)4/h5-10,13H,11-12H2,1-4H3,(H,22,23). The summed E-state index contributed by atoms with van der Waals surface area (Å²) in [7, 11) is 0. The Balaban J connectivity index is 1.82. The summed E-state index contributed by atoms with van der Waals surface area (Å²) in [6.07, 6.45) is 0.269. The molecule has 2 aromatic rings. The molecule has 0 radical (unpaired) electrons. The maximum absolute atomic E-state index is 12.0. The first-order chi connectivity index (χ1) is 11.3. The predicted molar refractivity (Wildman–Crippen MR) is 100 cm³/mol. The van der Waals surface area contributed by atoms with Crippen LogP contribution in [0.5, 0.6) is 5.75 Å². The van der Waals surface area contributed by atoms with Gasteiger partial charge in [-0.25, -0.2) is 0 Å². The molecule has 0 saturated carbocycles. The number of carbonyl (C=O) groups excluding carboxylic acids is 1. The van der Waals surface area contributed by atoms with Crippen LogP contribution in [-0.4, -0.2) is 12.5 Å². The summed E-state index contributed by atoms with van der Waals surface area (Å²) in [6, 6.07) is 13.5. The minimum Gasteiger partial charge on any atom is -0.493 e. The SMILES string of the molecule is Cc1ccc(NC(=O)CCOc2ccc(C(C)(C)C)cc2)c(Cl)c1. The highest BCUT2D eigenvalue weighted by molar-refractivity contribution is 6.33. The fraction of sp³-hybridized carbons (Fsp3) is 0.350. The molecule has 0 saturated heterocycles. The zero-order valence-electron chi connectivity index (χ0n) is 14.7. The van der Waals surface area contributed by atoms with Crippen molar-refractivity contribution in [3.63, 3.8) is 0 Å². The van der Waals surface area contributed by atoms with Crippen molar-refractivity contribution in [3.8, 4) is 5.75 Å². The molecule has 0 fully saturated rings. The third kappa shape index (κ3) is 5.27. The van der Waals surface area contributed by atoms with Gasteiger partial charge in [-0.1, -0.05) is 50.6 Å². The highest BCUT2D eigenvalue weighted by atomic mass is 35.5. The van der Waals surface area contributed by atoms with E-state index >= 15 is 0 Å². The lowest BCUT2D eigenvalue weighted by Crippen LogP contribution is -2.15. The molecular formula is C20H24ClNO2. The van der Waals surface area contributed by atoms with Gasteiger partial charge in [0.2, 0.25) is 5.91 Å². The second-order valence-electron chi connectivity index (χ2n) is 6.90. The first kappa shape index (κ1) is 18.3. The van der Waals surface area contributed by atoms with Gasteiger partial charge >= 0.3 is 0 Å². The molecule has 0 aliphatic rings. The van der Waals surface area contributed by atoms with E-state index in [2.05, 4.69) is 38.2 Å². The van der Waals surface area contributed by atoms with Crippen LogP contribution in [-0.2, 0) is 10.2 Å². The van der Waals surface area contributed by atoms with E-state index in [0.29, 0.717) is 17.3 Å². The summed E-state index contributed by atoms with van der Waals surface area (Å²) < 4.78 is 5.64. The summed E-state index contributed by atoms with van der Waals surface area (Å²) in [6.45, 7) is 8.79. The van der Waals surface area contributed by atoms with Crippen molar-refractivity contribution in [2.75, 3.05) is 11.9 Å². The maximum atomic E-state index is 12.0. The van der Waals surface area contributed by atoms with Crippen molar-refractivity contribution < 1.29 is 9.53 Å². The molecule has 0 atom stereocenters. The summed E-state index contributed by atoms with van der Waals surface area (Å²) >= 11 is 6.11. The van der Waals surface area contributed by atoms with Crippen molar-refractivity contribution in [1.29, 1.82) is 0 Å². The molecule has 0 aliphatic heterocycles. The summed E-state index contributed by atoms with van der Waals surface area (Å²) in [4.78, 5) is 12.0. The molecule has 0 aliphatic carbocycles. The zero-order valence-corrected chi connectivity index (χ0v) is 15.4. The van der Waals surface area contributed by atoms with Crippen LogP contribution < -0.4 is 10.1 Å². The normalized spacial score (nSPS) is 11.2. The Morgan fingerprint density at radius 3 is 2.38 bits per heavy atom. The van der Waals surface area contributed by atoms with Crippen LogP contribution in [0.25, 0.3) is 0 Å². The van der Waals surface area contributed by atoms with Gasteiger partial charge in [-0.2, -0.15) is 0 Å². The Labute approximate surface area is 149 Å². The van der Waals surface area contributed by atoms with Crippen LogP contribution in [0.2, 0.25) is 5.02 Å². The molecule has 0 heterocycles. The molecule has 1 N–H and O–H groups in total. The molecule has 0 bridgehead atoms. The molecule has 2 aromatic carbocycles. The van der Waals surface area contributed by atoms with Gasteiger partial charge in [0.05, 0.1) is 23.7 Å². The van der Waals surface area contributed by atoms with Crippen LogP contribution in [0.1, 0.15) is 38.3 Å². The third-order valence-electron chi connectivity index (χ3n) is 3.72. The van der Waals surface area contributed by atoms with E-state index in [1.807, 2.05) is 37.3 Å². The molecule has 3 nitrogen and oxygen atoms in total. The lowest BCUT2D eigenvalue weighted by atomic mass is 9.87. The average Bonchev–Trinajstić information content (AvgIpc) is 2.50. The second-order valence-corrected chi connectivity index (χ2v) is 7.31. The number of carbonyl (C=O) groups is 1. The number of halogens is 1. The number of hydrogen-bond acceptors (Lipinski definition) is 2. The Hall–Kier alpha value is -2.00. The first-order valence-electron chi connectivity index (χ1n) is 8.05. The quantitative estimate of drug-likeness (QED) is 0.792. The second kappa shape index (κ2) is 7.71. The molecule has 0 spiro atoms. The third-order valence-corrected chi connectivity index (χ3v) is 4.03. The van der Waals surface area contributed by atoms with Crippen molar-refractivity contribution >= 4 is 23.2 Å². The Morgan fingerprint density at radius 1 is 1.12 bits per heavy atom. The van der Waals surface area contributed by atoms with Crippen LogP contribution in [0, 0.1) is 6.92 Å². The minimum atomic E-state index is -0.118. The van der Waals surface area contributed by atoms with Gasteiger partial charge in [-0.3, -0.25) is 4.79 Å². The molecule has 0 aromatic heterocycles. The number of anilines is 1. The lowest BCUT2D eigenvalue weighted by molar-refractivity contribution is -0.116. The summed E-state index contributed by atoms with van der Waals surface area (Å²) in [5.74, 6) is 0.649. The number of ether oxygens (including phenoxy) is 1. The van der Waals surface area contributed by atoms with Crippen LogP contribution in [0.4, 0.5) is 5.69 Å². The first-order valence-corrected chi connectivity index (χ1v) is 8.43. The maximum Gasteiger partial charge on any atom is 0.227 e. The molecule has 1 amide bonds. The van der Waals surface area contributed by atoms with E-state index in [1.54, 1.807) is 0 Å². The highest BCUT2D eigenvalue weighted by Gasteiger charge is 2.13. The topological polar surface area (TPSA) is 38.3 Å². The van der Waals surface area contributed by atoms with Crippen LogP contribution in [0.3, 0.4) is 0 Å². The summed E-state index contributed by atoms with van der Waals surface area (Å²) in [5.41, 5.74) is 3.05. The van der Waals surface area contributed by atoms with E-state index in [4.69, 9.17) is 16.3 Å². The molecule has 4 heteroatoms. The summed E-state index contributed by atoms with van der Waals surface area (Å²) in [5, 5.41) is 3.35. The van der Waals surface area contributed by atoms with Gasteiger partial charge in [0.1, 0.15) is 5.75 Å². The van der Waals surface area contributed by atoms with Crippen LogP contribution >= 0.6 is 11.6 Å². The number of hydrogen-bond donors (Lipinski definition) is 1. The van der Waals surface area contributed by atoms with Gasteiger partial charge in [0.25, 0.3) is 0 Å². The Morgan fingerprint density at radius 2 is 1.79 bits per heavy atom. The Bertz CT molecular complexity index is 703.